The molecule has 0 radical (unpaired) electrons. The smallest absolute Gasteiger partial charge is 0.0971 e. The molecule has 252 valence electrons. The molecule has 2 aliphatic rings. The Morgan fingerprint density at radius 2 is 1.04 bits per heavy atom. The molecule has 0 aliphatic heterocycles. The van der Waals surface area contributed by atoms with Gasteiger partial charge < -0.3 is 0 Å². The van der Waals surface area contributed by atoms with Crippen LogP contribution in [0.1, 0.15) is 46.5 Å². The van der Waals surface area contributed by atoms with Crippen molar-refractivity contribution >= 4 is 49.9 Å². The molecule has 0 amide bonds. The minimum Gasteiger partial charge on any atom is -0.254 e. The highest BCUT2D eigenvalue weighted by Crippen LogP contribution is 2.51. The molecule has 0 N–H and O–H groups in total. The van der Waals surface area contributed by atoms with Crippen LogP contribution >= 0.6 is 11.3 Å². The van der Waals surface area contributed by atoms with Crippen molar-refractivity contribution in [2.45, 2.75) is 25.7 Å². The average molecular weight is 704 g/mol. The van der Waals surface area contributed by atoms with Crippen molar-refractivity contribution in [3.05, 3.63) is 197 Å². The number of fused-ring (bicyclic) bond motifs is 4. The summed E-state index contributed by atoms with van der Waals surface area (Å²) in [6.45, 7) is 0. The third-order valence-electron chi connectivity index (χ3n) is 10.3. The summed E-state index contributed by atoms with van der Waals surface area (Å²) in [4.78, 5) is 11.7. The van der Waals surface area contributed by atoms with E-state index < -0.39 is 12.2 Å². The summed E-state index contributed by atoms with van der Waals surface area (Å²) in [5, 5.41) is 1.92. The second-order valence-corrected chi connectivity index (χ2v) is 14.4. The molecule has 0 saturated heterocycles. The highest BCUT2D eigenvalue weighted by molar-refractivity contribution is 7.20. The van der Waals surface area contributed by atoms with Crippen LogP contribution in [-0.2, 0) is 0 Å². The summed E-state index contributed by atoms with van der Waals surface area (Å²) < 4.78 is 60.5. The number of hydrogen-bond donors (Lipinski definition) is 0. The van der Waals surface area contributed by atoms with E-state index in [2.05, 4.69) is 114 Å². The fourth-order valence-corrected chi connectivity index (χ4v) is 9.24. The van der Waals surface area contributed by atoms with Crippen LogP contribution < -0.4 is 10.4 Å². The van der Waals surface area contributed by atoms with Gasteiger partial charge in [0, 0.05) is 37.8 Å². The molecule has 5 aromatic carbocycles. The van der Waals surface area contributed by atoms with Gasteiger partial charge >= 0.3 is 0 Å². The number of pyridine rings is 2. The predicted molar refractivity (Wildman–Crippen MR) is 224 cm³/mol. The van der Waals surface area contributed by atoms with Crippen molar-refractivity contribution in [3.63, 3.8) is 0 Å². The highest BCUT2D eigenvalue weighted by Gasteiger charge is 2.26. The molecule has 0 unspecified atom stereocenters. The third kappa shape index (κ3) is 5.65. The number of nitrogens with zero attached hydrogens (tertiary/aromatic N) is 2. The second-order valence-electron chi connectivity index (χ2n) is 13.4. The Bertz CT molecular complexity index is 3270. The topological polar surface area (TPSA) is 25.8 Å². The lowest BCUT2D eigenvalue weighted by Gasteiger charge is -2.23. The van der Waals surface area contributed by atoms with E-state index >= 15 is 0 Å². The fraction of sp³-hybridized carbons (Fsp3) is 0.0800. The first-order chi connectivity index (χ1) is 29.2. The Morgan fingerprint density at radius 3 is 1.72 bits per heavy atom. The standard InChI is InChI=1S/C50H36N2S/c1-4-13-34(14-5-1)45-46(50(39-17-8-3-9-18-39)53-49(45)38-15-6-2-7-16-38)35-24-22-33(23-25-35)40-29-30-43(42-21-11-10-20-41(40)42)44-31-28-37-27-26-36-19-12-32-51-47(36)48(37)52-44/h1-22,24,26-28,31-32H,23,25,29-30H2/i12D,19D,26D,27D,28D,31D,32D. The number of allylic oxidation sites excluding steroid dienone is 4. The van der Waals surface area contributed by atoms with E-state index in [4.69, 9.17) is 14.6 Å². The molecule has 2 nitrogen and oxygen atoms in total. The van der Waals surface area contributed by atoms with Crippen molar-refractivity contribution < 1.29 is 9.60 Å². The van der Waals surface area contributed by atoms with E-state index in [1.54, 1.807) is 0 Å². The molecular formula is C50H36N2S. The summed E-state index contributed by atoms with van der Waals surface area (Å²) >= 11 is 1.85. The van der Waals surface area contributed by atoms with Crippen LogP contribution in [0.5, 0.6) is 0 Å². The van der Waals surface area contributed by atoms with Gasteiger partial charge in [-0.1, -0.05) is 152 Å². The molecule has 0 bridgehead atoms. The zero-order valence-corrected chi connectivity index (χ0v) is 29.6. The number of benzene rings is 5. The SMILES string of the molecule is [2H]c1nc2c(c([2H])c1[2H])c([2H])c([2H])c1c([2H])c([2H])c(C3=c4ccccc4=C(C4=CC=C(c5c(-c6ccccc6)sc(-c6ccccc6)c5-c5ccccc5)CC4)CC3)nc12. The van der Waals surface area contributed by atoms with Crippen molar-refractivity contribution in [3.8, 4) is 32.0 Å². The molecule has 53 heavy (non-hydrogen) atoms. The molecule has 8 aromatic rings. The lowest BCUT2D eigenvalue weighted by molar-refractivity contribution is 0.958. The Balaban J connectivity index is 1.16. The minimum absolute atomic E-state index is 0.00969. The van der Waals surface area contributed by atoms with Crippen LogP contribution in [0.25, 0.3) is 70.5 Å². The van der Waals surface area contributed by atoms with Gasteiger partial charge in [0.15, 0.2) is 0 Å². The van der Waals surface area contributed by atoms with Gasteiger partial charge in [0.05, 0.1) is 26.3 Å². The van der Waals surface area contributed by atoms with E-state index in [1.165, 1.54) is 54.3 Å². The number of hydrogen-bond acceptors (Lipinski definition) is 3. The van der Waals surface area contributed by atoms with Crippen molar-refractivity contribution in [2.75, 3.05) is 0 Å². The van der Waals surface area contributed by atoms with Crippen molar-refractivity contribution in [1.29, 1.82) is 0 Å². The molecule has 2 aliphatic carbocycles. The molecule has 0 spiro atoms. The van der Waals surface area contributed by atoms with Crippen LogP contribution in [0.15, 0.2) is 175 Å². The van der Waals surface area contributed by atoms with Crippen LogP contribution in [0.4, 0.5) is 0 Å². The maximum absolute atomic E-state index is 9.15. The van der Waals surface area contributed by atoms with Gasteiger partial charge in [0.2, 0.25) is 0 Å². The van der Waals surface area contributed by atoms with E-state index in [9.17, 15) is 0 Å². The lowest BCUT2D eigenvalue weighted by Crippen LogP contribution is -2.33. The maximum atomic E-state index is 9.15. The third-order valence-corrected chi connectivity index (χ3v) is 11.6. The zero-order valence-electron chi connectivity index (χ0n) is 35.8. The summed E-state index contributed by atoms with van der Waals surface area (Å²) in [6.07, 6.45) is 7.11. The quantitative estimate of drug-likeness (QED) is 0.161. The first-order valence-corrected chi connectivity index (χ1v) is 18.8. The van der Waals surface area contributed by atoms with Gasteiger partial charge in [-0.3, -0.25) is 4.98 Å². The summed E-state index contributed by atoms with van der Waals surface area (Å²) in [6, 6.07) is 38.3. The molecular weight excluding hydrogens is 661 g/mol. The zero-order chi connectivity index (χ0) is 41.2. The molecule has 3 aromatic heterocycles. The number of rotatable bonds is 6. The summed E-state index contributed by atoms with van der Waals surface area (Å²) in [7, 11) is 0. The van der Waals surface area contributed by atoms with Crippen LogP contribution in [0.2, 0.25) is 0 Å². The van der Waals surface area contributed by atoms with Crippen molar-refractivity contribution in [1.82, 2.24) is 9.97 Å². The normalized spacial score (nSPS) is 16.1. The molecule has 0 fully saturated rings. The molecule has 10 rings (SSSR count). The average Bonchev–Trinajstić information content (AvgIpc) is 3.70. The van der Waals surface area contributed by atoms with E-state index in [-0.39, 0.29) is 52.0 Å². The second kappa shape index (κ2) is 13.4. The van der Waals surface area contributed by atoms with Gasteiger partial charge in [0.25, 0.3) is 0 Å². The molecule has 3 heterocycles. The summed E-state index contributed by atoms with van der Waals surface area (Å²) in [5.41, 5.74) is 11.1. The van der Waals surface area contributed by atoms with Gasteiger partial charge in [-0.15, -0.1) is 11.3 Å². The van der Waals surface area contributed by atoms with Crippen LogP contribution in [0.3, 0.4) is 0 Å². The molecule has 3 heteroatoms. The molecule has 0 atom stereocenters. The van der Waals surface area contributed by atoms with Crippen LogP contribution in [0, 0.1) is 0 Å². The summed E-state index contributed by atoms with van der Waals surface area (Å²) in [5.74, 6) is 0. The highest BCUT2D eigenvalue weighted by atomic mass is 32.1. The number of thiophene rings is 1. The Kier molecular flexibility index (Phi) is 6.32. The minimum atomic E-state index is -0.438. The Morgan fingerprint density at radius 1 is 0.491 bits per heavy atom. The van der Waals surface area contributed by atoms with E-state index in [0.717, 1.165) is 28.9 Å². The molecule has 0 saturated carbocycles. The Labute approximate surface area is 323 Å². The van der Waals surface area contributed by atoms with Gasteiger partial charge in [-0.2, -0.15) is 0 Å². The number of aromatic nitrogens is 2. The Hall–Kier alpha value is -6.16. The van der Waals surface area contributed by atoms with E-state index in [0.29, 0.717) is 18.5 Å². The fourth-order valence-electron chi connectivity index (χ4n) is 7.87. The lowest BCUT2D eigenvalue weighted by atomic mass is 9.82. The van der Waals surface area contributed by atoms with Crippen molar-refractivity contribution in [2.24, 2.45) is 0 Å². The maximum Gasteiger partial charge on any atom is 0.0971 e. The monoisotopic (exact) mass is 703 g/mol. The predicted octanol–water partition coefficient (Wildman–Crippen LogP) is 11.8. The van der Waals surface area contributed by atoms with E-state index in [1.807, 2.05) is 29.5 Å². The van der Waals surface area contributed by atoms with Gasteiger partial charge in [-0.05, 0) is 87.2 Å². The van der Waals surface area contributed by atoms with Crippen LogP contribution in [-0.4, -0.2) is 9.97 Å². The first kappa shape index (κ1) is 24.9. The first-order valence-electron chi connectivity index (χ1n) is 21.4. The van der Waals surface area contributed by atoms with Gasteiger partial charge in [-0.25, -0.2) is 4.98 Å². The largest absolute Gasteiger partial charge is 0.254 e. The van der Waals surface area contributed by atoms with Gasteiger partial charge in [0.1, 0.15) is 0 Å².